The summed E-state index contributed by atoms with van der Waals surface area (Å²) in [6, 6.07) is 4.68. The molecule has 7 nitrogen and oxygen atoms in total. The molecule has 0 atom stereocenters. The van der Waals surface area contributed by atoms with E-state index >= 15 is 0 Å². The standard InChI is InChI=1S/C11H13N3O4S/c15-14(16)10-5-7-11(8-6-10)19(17,18)13-12-9-3-1-2-4-9/h5-8,13H,1-4H2. The maximum absolute atomic E-state index is 11.9. The molecule has 102 valence electrons. The molecule has 0 aliphatic heterocycles. The molecule has 0 radical (unpaired) electrons. The van der Waals surface area contributed by atoms with Crippen LogP contribution in [-0.2, 0) is 10.0 Å². The summed E-state index contributed by atoms with van der Waals surface area (Å²) in [6.45, 7) is 0. The van der Waals surface area contributed by atoms with Gasteiger partial charge in [0, 0.05) is 17.8 Å². The summed E-state index contributed by atoms with van der Waals surface area (Å²) in [5.74, 6) is 0. The van der Waals surface area contributed by atoms with E-state index in [2.05, 4.69) is 9.93 Å². The van der Waals surface area contributed by atoms with E-state index in [1.54, 1.807) is 0 Å². The zero-order valence-electron chi connectivity index (χ0n) is 10.1. The van der Waals surface area contributed by atoms with Crippen LogP contribution in [0.4, 0.5) is 5.69 Å². The van der Waals surface area contributed by atoms with Crippen molar-refractivity contribution in [2.24, 2.45) is 5.10 Å². The molecule has 0 saturated heterocycles. The molecule has 1 aromatic carbocycles. The van der Waals surface area contributed by atoms with E-state index < -0.39 is 14.9 Å². The summed E-state index contributed by atoms with van der Waals surface area (Å²) in [4.78, 5) is 12.0. The van der Waals surface area contributed by atoms with Crippen molar-refractivity contribution in [3.63, 3.8) is 0 Å². The van der Waals surface area contributed by atoms with Crippen LogP contribution < -0.4 is 4.83 Å². The SMILES string of the molecule is O=[N+]([O-])c1ccc(S(=O)(=O)NN=C2CCCC2)cc1. The van der Waals surface area contributed by atoms with Crippen LogP contribution in [0.3, 0.4) is 0 Å². The minimum atomic E-state index is -3.75. The summed E-state index contributed by atoms with van der Waals surface area (Å²) in [5.41, 5.74) is 0.687. The van der Waals surface area contributed by atoms with Crippen LogP contribution in [0, 0.1) is 10.1 Å². The molecule has 0 amide bonds. The Hall–Kier alpha value is -1.96. The number of rotatable bonds is 4. The molecule has 1 fully saturated rings. The number of hydrogen-bond acceptors (Lipinski definition) is 5. The number of nitro benzene ring substituents is 1. The van der Waals surface area contributed by atoms with E-state index in [0.717, 1.165) is 43.5 Å². The fourth-order valence-corrected chi connectivity index (χ4v) is 2.67. The molecule has 0 aromatic heterocycles. The fourth-order valence-electron chi connectivity index (χ4n) is 1.82. The van der Waals surface area contributed by atoms with Crippen molar-refractivity contribution in [3.8, 4) is 0 Å². The van der Waals surface area contributed by atoms with Gasteiger partial charge in [-0.3, -0.25) is 10.1 Å². The normalized spacial score (nSPS) is 15.3. The fraction of sp³-hybridized carbons (Fsp3) is 0.364. The maximum Gasteiger partial charge on any atom is 0.276 e. The van der Waals surface area contributed by atoms with Gasteiger partial charge in [0.1, 0.15) is 0 Å². The first-order chi connectivity index (χ1) is 8.99. The highest BCUT2D eigenvalue weighted by molar-refractivity contribution is 7.89. The van der Waals surface area contributed by atoms with Crippen LogP contribution in [0.5, 0.6) is 0 Å². The smallest absolute Gasteiger partial charge is 0.258 e. The predicted molar refractivity (Wildman–Crippen MR) is 69.3 cm³/mol. The average molecular weight is 283 g/mol. The second-order valence-electron chi connectivity index (χ2n) is 4.23. The zero-order chi connectivity index (χ0) is 13.9. The second-order valence-corrected chi connectivity index (χ2v) is 5.89. The Morgan fingerprint density at radius 2 is 1.74 bits per heavy atom. The van der Waals surface area contributed by atoms with E-state index in [9.17, 15) is 18.5 Å². The number of nitrogens with one attached hydrogen (secondary N) is 1. The number of nitrogens with zero attached hydrogens (tertiary/aromatic N) is 2. The Balaban J connectivity index is 2.14. The zero-order valence-corrected chi connectivity index (χ0v) is 10.9. The molecule has 1 aromatic rings. The Morgan fingerprint density at radius 1 is 1.16 bits per heavy atom. The first-order valence-corrected chi connectivity index (χ1v) is 7.29. The summed E-state index contributed by atoms with van der Waals surface area (Å²) < 4.78 is 23.8. The third-order valence-electron chi connectivity index (χ3n) is 2.86. The quantitative estimate of drug-likeness (QED) is 0.672. The van der Waals surface area contributed by atoms with Crippen LogP contribution in [0.15, 0.2) is 34.3 Å². The summed E-state index contributed by atoms with van der Waals surface area (Å²) in [6.07, 6.45) is 3.67. The van der Waals surface area contributed by atoms with Crippen molar-refractivity contribution >= 4 is 21.4 Å². The van der Waals surface area contributed by atoms with Gasteiger partial charge >= 0.3 is 0 Å². The first-order valence-electron chi connectivity index (χ1n) is 5.81. The molecule has 0 spiro atoms. The molecule has 0 heterocycles. The van der Waals surface area contributed by atoms with Crippen molar-refractivity contribution in [1.29, 1.82) is 0 Å². The highest BCUT2D eigenvalue weighted by Gasteiger charge is 2.16. The molecule has 19 heavy (non-hydrogen) atoms. The van der Waals surface area contributed by atoms with E-state index in [0.29, 0.717) is 0 Å². The number of benzene rings is 1. The Labute approximate surface area is 110 Å². The Morgan fingerprint density at radius 3 is 2.26 bits per heavy atom. The molecule has 8 heteroatoms. The predicted octanol–water partition coefficient (Wildman–Crippen LogP) is 1.80. The number of nitro groups is 1. The van der Waals surface area contributed by atoms with Gasteiger partial charge in [0.2, 0.25) is 0 Å². The number of non-ortho nitro benzene ring substituents is 1. The monoisotopic (exact) mass is 283 g/mol. The van der Waals surface area contributed by atoms with Crippen molar-refractivity contribution in [3.05, 3.63) is 34.4 Å². The van der Waals surface area contributed by atoms with Crippen LogP contribution >= 0.6 is 0 Å². The van der Waals surface area contributed by atoms with Gasteiger partial charge < -0.3 is 0 Å². The van der Waals surface area contributed by atoms with Crippen LogP contribution in [0.1, 0.15) is 25.7 Å². The van der Waals surface area contributed by atoms with E-state index in [-0.39, 0.29) is 10.6 Å². The summed E-state index contributed by atoms with van der Waals surface area (Å²) >= 11 is 0. The van der Waals surface area contributed by atoms with Gasteiger partial charge in [-0.2, -0.15) is 13.5 Å². The lowest BCUT2D eigenvalue weighted by molar-refractivity contribution is -0.384. The maximum atomic E-state index is 11.9. The molecular weight excluding hydrogens is 270 g/mol. The van der Waals surface area contributed by atoms with E-state index in [1.807, 2.05) is 0 Å². The third kappa shape index (κ3) is 3.28. The lowest BCUT2D eigenvalue weighted by atomic mass is 10.3. The van der Waals surface area contributed by atoms with E-state index in [1.165, 1.54) is 12.1 Å². The molecule has 0 bridgehead atoms. The molecule has 0 unspecified atom stereocenters. The van der Waals surface area contributed by atoms with Gasteiger partial charge in [0.15, 0.2) is 0 Å². The van der Waals surface area contributed by atoms with Gasteiger partial charge in [0.05, 0.1) is 9.82 Å². The summed E-state index contributed by atoms with van der Waals surface area (Å²) in [7, 11) is -3.75. The highest BCUT2D eigenvalue weighted by Crippen LogP contribution is 2.17. The molecule has 1 aliphatic carbocycles. The van der Waals surface area contributed by atoms with Crippen LogP contribution in [0.2, 0.25) is 0 Å². The van der Waals surface area contributed by atoms with Crippen LogP contribution in [0.25, 0.3) is 0 Å². The Bertz CT molecular complexity index is 599. The minimum Gasteiger partial charge on any atom is -0.258 e. The van der Waals surface area contributed by atoms with Crippen molar-refractivity contribution < 1.29 is 13.3 Å². The van der Waals surface area contributed by atoms with Gasteiger partial charge in [-0.15, -0.1) is 0 Å². The highest BCUT2D eigenvalue weighted by atomic mass is 32.2. The molecular formula is C11H13N3O4S. The minimum absolute atomic E-state index is 0.0413. The molecule has 2 rings (SSSR count). The lowest BCUT2D eigenvalue weighted by Crippen LogP contribution is -2.19. The first kappa shape index (κ1) is 13.5. The lowest BCUT2D eigenvalue weighted by Gasteiger charge is -2.04. The average Bonchev–Trinajstić information content (AvgIpc) is 2.90. The van der Waals surface area contributed by atoms with Gasteiger partial charge in [-0.1, -0.05) is 0 Å². The van der Waals surface area contributed by atoms with Gasteiger partial charge in [-0.05, 0) is 37.8 Å². The molecule has 1 saturated carbocycles. The van der Waals surface area contributed by atoms with Gasteiger partial charge in [0.25, 0.3) is 15.7 Å². The second kappa shape index (κ2) is 5.35. The van der Waals surface area contributed by atoms with E-state index in [4.69, 9.17) is 0 Å². The molecule has 1 N–H and O–H groups in total. The van der Waals surface area contributed by atoms with Crippen molar-refractivity contribution in [2.75, 3.05) is 0 Å². The largest absolute Gasteiger partial charge is 0.276 e. The third-order valence-corrected chi connectivity index (χ3v) is 4.09. The number of sulfonamides is 1. The summed E-state index contributed by atoms with van der Waals surface area (Å²) in [5, 5.41) is 14.4. The Kier molecular flexibility index (Phi) is 3.79. The molecule has 1 aliphatic rings. The van der Waals surface area contributed by atoms with Crippen LogP contribution in [-0.4, -0.2) is 19.1 Å². The van der Waals surface area contributed by atoms with Crippen molar-refractivity contribution in [1.82, 2.24) is 4.83 Å². The number of hydrazone groups is 1. The number of hydrogen-bond donors (Lipinski definition) is 1. The topological polar surface area (TPSA) is 102 Å². The van der Waals surface area contributed by atoms with Crippen molar-refractivity contribution in [2.45, 2.75) is 30.6 Å². The van der Waals surface area contributed by atoms with Gasteiger partial charge in [-0.25, -0.2) is 4.83 Å².